The molecule has 0 unspecified atom stereocenters. The molecule has 2 aromatic rings. The van der Waals surface area contributed by atoms with Gasteiger partial charge in [0, 0.05) is 12.1 Å². The number of fused-ring (bicyclic) bond motifs is 1. The number of pyridine rings is 1. The molecular weight excluding hydrogens is 242 g/mol. The molecule has 2 rings (SSSR count). The molecule has 0 saturated heterocycles. The van der Waals surface area contributed by atoms with Crippen LogP contribution in [0.15, 0.2) is 30.3 Å². The Kier molecular flexibility index (Phi) is 3.15. The van der Waals surface area contributed by atoms with Crippen LogP contribution in [0.25, 0.3) is 10.9 Å². The van der Waals surface area contributed by atoms with E-state index in [4.69, 9.17) is 16.3 Å². The number of benzene rings is 1. The number of nitrogens with zero attached hydrogens (tertiary/aromatic N) is 1. The van der Waals surface area contributed by atoms with Crippen molar-refractivity contribution in [3.63, 3.8) is 0 Å². The Balaban J connectivity index is 2.71. The van der Waals surface area contributed by atoms with Gasteiger partial charge in [0.25, 0.3) is 5.15 Å². The van der Waals surface area contributed by atoms with E-state index in [0.717, 1.165) is 0 Å². The summed E-state index contributed by atoms with van der Waals surface area (Å²) in [6, 6.07) is 8.08. The Hall–Kier alpha value is -1.81. The predicted octanol–water partition coefficient (Wildman–Crippen LogP) is 2.30. The summed E-state index contributed by atoms with van der Waals surface area (Å²) in [5.74, 6) is -0.480. The zero-order chi connectivity index (χ0) is 12.4. The molecule has 0 atom stereocenters. The number of para-hydroxylation sites is 1. The predicted molar refractivity (Wildman–Crippen MR) is 63.9 cm³/mol. The molecule has 0 aliphatic carbocycles. The van der Waals surface area contributed by atoms with E-state index < -0.39 is 5.97 Å². The maximum absolute atomic E-state index is 11.7. The molecule has 0 amide bonds. The van der Waals surface area contributed by atoms with E-state index in [1.165, 1.54) is 6.07 Å². The van der Waals surface area contributed by atoms with Gasteiger partial charge in [-0.2, -0.15) is 4.73 Å². The molecule has 1 aromatic heterocycles. The van der Waals surface area contributed by atoms with Gasteiger partial charge < -0.3 is 9.94 Å². The lowest BCUT2D eigenvalue weighted by atomic mass is 10.1. The molecule has 88 valence electrons. The summed E-state index contributed by atoms with van der Waals surface area (Å²) >= 11 is 5.78. The molecule has 1 aromatic carbocycles. The molecule has 0 aliphatic heterocycles. The standard InChI is InChI=1S/C12H10ClNO3/c1-2-17-12(15)9-7-11(13)14(16)10-6-4-3-5-8(9)10/h3-7H,2H2,1H3. The van der Waals surface area contributed by atoms with Crippen molar-refractivity contribution in [2.24, 2.45) is 0 Å². The van der Waals surface area contributed by atoms with Gasteiger partial charge in [0.2, 0.25) is 5.52 Å². The minimum Gasteiger partial charge on any atom is -0.617 e. The highest BCUT2D eigenvalue weighted by Crippen LogP contribution is 2.19. The average molecular weight is 252 g/mol. The molecule has 0 aliphatic rings. The number of carbonyl (C=O) groups is 1. The second-order valence-electron chi connectivity index (χ2n) is 3.41. The second-order valence-corrected chi connectivity index (χ2v) is 3.80. The molecule has 0 N–H and O–H groups in total. The van der Waals surface area contributed by atoms with Gasteiger partial charge in [-0.15, -0.1) is 0 Å². The third-order valence-corrected chi connectivity index (χ3v) is 2.63. The number of halogens is 1. The number of hydrogen-bond acceptors (Lipinski definition) is 3. The Morgan fingerprint density at radius 2 is 2.18 bits per heavy atom. The fourth-order valence-electron chi connectivity index (χ4n) is 1.63. The third kappa shape index (κ3) is 2.03. The summed E-state index contributed by atoms with van der Waals surface area (Å²) < 4.78 is 5.50. The third-order valence-electron chi connectivity index (χ3n) is 2.37. The van der Waals surface area contributed by atoms with Gasteiger partial charge in [-0.1, -0.05) is 12.1 Å². The summed E-state index contributed by atoms with van der Waals surface area (Å²) in [6.45, 7) is 2.00. The summed E-state index contributed by atoms with van der Waals surface area (Å²) in [6.07, 6.45) is 0. The van der Waals surface area contributed by atoms with Gasteiger partial charge in [-0.05, 0) is 24.6 Å². The van der Waals surface area contributed by atoms with Crippen LogP contribution >= 0.6 is 11.6 Å². The van der Waals surface area contributed by atoms with Crippen LogP contribution in [0.5, 0.6) is 0 Å². The van der Waals surface area contributed by atoms with Crippen LogP contribution in [0.1, 0.15) is 17.3 Å². The highest BCUT2D eigenvalue weighted by molar-refractivity contribution is 6.29. The molecule has 4 nitrogen and oxygen atoms in total. The molecule has 0 radical (unpaired) electrons. The zero-order valence-corrected chi connectivity index (χ0v) is 9.90. The van der Waals surface area contributed by atoms with E-state index in [1.54, 1.807) is 31.2 Å². The molecule has 0 saturated carbocycles. The topological polar surface area (TPSA) is 53.2 Å². The van der Waals surface area contributed by atoms with E-state index >= 15 is 0 Å². The van der Waals surface area contributed by atoms with E-state index in [1.807, 2.05) is 0 Å². The van der Waals surface area contributed by atoms with Crippen molar-refractivity contribution in [2.75, 3.05) is 6.61 Å². The van der Waals surface area contributed by atoms with Gasteiger partial charge in [0.15, 0.2) is 0 Å². The van der Waals surface area contributed by atoms with Crippen molar-refractivity contribution in [3.05, 3.63) is 46.3 Å². The van der Waals surface area contributed by atoms with Crippen molar-refractivity contribution >= 4 is 28.5 Å². The van der Waals surface area contributed by atoms with Crippen molar-refractivity contribution in [1.82, 2.24) is 0 Å². The largest absolute Gasteiger partial charge is 0.617 e. The Bertz CT molecular complexity index is 583. The lowest BCUT2D eigenvalue weighted by molar-refractivity contribution is -0.574. The van der Waals surface area contributed by atoms with Crippen LogP contribution in [0.3, 0.4) is 0 Å². The van der Waals surface area contributed by atoms with Gasteiger partial charge in [0.05, 0.1) is 17.6 Å². The number of esters is 1. The van der Waals surface area contributed by atoms with Crippen LogP contribution in [0.4, 0.5) is 0 Å². The molecule has 17 heavy (non-hydrogen) atoms. The SMILES string of the molecule is CCOC(=O)c1cc(Cl)[n+]([O-])c2ccccc12. The van der Waals surface area contributed by atoms with Crippen molar-refractivity contribution < 1.29 is 14.3 Å². The minimum absolute atomic E-state index is 0.0493. The van der Waals surface area contributed by atoms with Crippen LogP contribution in [0, 0.1) is 5.21 Å². The van der Waals surface area contributed by atoms with E-state index in [0.29, 0.717) is 21.2 Å². The Labute approximate surface area is 103 Å². The molecule has 1 heterocycles. The maximum Gasteiger partial charge on any atom is 0.339 e. The number of aromatic nitrogens is 1. The number of ether oxygens (including phenoxy) is 1. The molecular formula is C12H10ClNO3. The number of rotatable bonds is 2. The van der Waals surface area contributed by atoms with Crippen LogP contribution < -0.4 is 4.73 Å². The maximum atomic E-state index is 11.7. The zero-order valence-electron chi connectivity index (χ0n) is 9.14. The van der Waals surface area contributed by atoms with E-state index in [9.17, 15) is 10.0 Å². The minimum atomic E-state index is -0.480. The normalized spacial score (nSPS) is 10.5. The van der Waals surface area contributed by atoms with Crippen LogP contribution in [-0.2, 0) is 4.74 Å². The number of hydrogen-bond donors (Lipinski definition) is 0. The molecule has 0 spiro atoms. The highest BCUT2D eigenvalue weighted by atomic mass is 35.5. The lowest BCUT2D eigenvalue weighted by Crippen LogP contribution is -2.29. The fraction of sp³-hybridized carbons (Fsp3) is 0.167. The first-order valence-corrected chi connectivity index (χ1v) is 5.51. The average Bonchev–Trinajstić information content (AvgIpc) is 2.34. The Morgan fingerprint density at radius 3 is 2.88 bits per heavy atom. The second kappa shape index (κ2) is 4.59. The monoisotopic (exact) mass is 251 g/mol. The first kappa shape index (κ1) is 11.7. The molecule has 5 heteroatoms. The lowest BCUT2D eigenvalue weighted by Gasteiger charge is -2.07. The number of carbonyl (C=O) groups excluding carboxylic acids is 1. The van der Waals surface area contributed by atoms with E-state index in [-0.39, 0.29) is 11.8 Å². The Morgan fingerprint density at radius 1 is 1.47 bits per heavy atom. The van der Waals surface area contributed by atoms with Gasteiger partial charge >= 0.3 is 5.97 Å². The molecule has 0 bridgehead atoms. The molecule has 0 fully saturated rings. The van der Waals surface area contributed by atoms with Gasteiger partial charge in [-0.25, -0.2) is 4.79 Å². The first-order valence-electron chi connectivity index (χ1n) is 5.13. The fourth-order valence-corrected chi connectivity index (χ4v) is 1.83. The van der Waals surface area contributed by atoms with Crippen LogP contribution in [0.2, 0.25) is 5.15 Å². The van der Waals surface area contributed by atoms with Gasteiger partial charge in [-0.3, -0.25) is 0 Å². The van der Waals surface area contributed by atoms with E-state index in [2.05, 4.69) is 0 Å². The summed E-state index contributed by atoms with van der Waals surface area (Å²) in [4.78, 5) is 11.7. The van der Waals surface area contributed by atoms with Crippen molar-refractivity contribution in [3.8, 4) is 0 Å². The summed E-state index contributed by atoms with van der Waals surface area (Å²) in [5.41, 5.74) is 0.655. The quantitative estimate of drug-likeness (QED) is 0.356. The van der Waals surface area contributed by atoms with Gasteiger partial charge in [0.1, 0.15) is 0 Å². The van der Waals surface area contributed by atoms with Crippen molar-refractivity contribution in [2.45, 2.75) is 6.92 Å². The first-order chi connectivity index (χ1) is 8.15. The van der Waals surface area contributed by atoms with Crippen LogP contribution in [-0.4, -0.2) is 12.6 Å². The summed E-state index contributed by atoms with van der Waals surface area (Å²) in [5, 5.41) is 12.2. The summed E-state index contributed by atoms with van der Waals surface area (Å²) in [7, 11) is 0. The van der Waals surface area contributed by atoms with Crippen molar-refractivity contribution in [1.29, 1.82) is 0 Å². The highest BCUT2D eigenvalue weighted by Gasteiger charge is 2.19. The smallest absolute Gasteiger partial charge is 0.339 e.